The number of nitrogens with zero attached hydrogens (tertiary/aromatic N) is 2. The van der Waals surface area contributed by atoms with Crippen LogP contribution in [0.5, 0.6) is 0 Å². The minimum Gasteiger partial charge on any atom is -0.395 e. The van der Waals surface area contributed by atoms with Gasteiger partial charge in [-0.3, -0.25) is 4.79 Å². The highest BCUT2D eigenvalue weighted by Crippen LogP contribution is 2.09. The third-order valence-electron chi connectivity index (χ3n) is 3.12. The van der Waals surface area contributed by atoms with Crippen molar-refractivity contribution in [3.63, 3.8) is 0 Å². The lowest BCUT2D eigenvalue weighted by Gasteiger charge is -2.21. The molecule has 0 atom stereocenters. The monoisotopic (exact) mass is 304 g/mol. The molecule has 0 aliphatic rings. The molecule has 1 aromatic heterocycles. The van der Waals surface area contributed by atoms with Gasteiger partial charge in [0.15, 0.2) is 0 Å². The molecule has 0 aliphatic carbocycles. The molecule has 0 spiro atoms. The molecule has 4 nitrogen and oxygen atoms in total. The zero-order valence-corrected chi connectivity index (χ0v) is 12.3. The van der Waals surface area contributed by atoms with Gasteiger partial charge in [-0.2, -0.15) is 0 Å². The Bertz CT molecular complexity index is 573. The Morgan fingerprint density at radius 1 is 1.14 bits per heavy atom. The molecule has 0 saturated heterocycles. The fourth-order valence-electron chi connectivity index (χ4n) is 2.01. The van der Waals surface area contributed by atoms with E-state index in [1.54, 1.807) is 17.0 Å². The summed E-state index contributed by atoms with van der Waals surface area (Å²) in [5.41, 5.74) is 1.48. The fraction of sp³-hybridized carbons (Fsp3) is 0.250. The van der Waals surface area contributed by atoms with Gasteiger partial charge in [-0.05, 0) is 24.1 Å². The number of hydrogen-bond acceptors (Lipinski definition) is 3. The second-order valence-corrected chi connectivity index (χ2v) is 5.05. The maximum absolute atomic E-state index is 12.4. The summed E-state index contributed by atoms with van der Waals surface area (Å²) < 4.78 is 0. The predicted molar refractivity (Wildman–Crippen MR) is 82.4 cm³/mol. The molecule has 110 valence electrons. The Morgan fingerprint density at radius 2 is 1.90 bits per heavy atom. The minimum absolute atomic E-state index is 0.0753. The van der Waals surface area contributed by atoms with Crippen molar-refractivity contribution in [1.82, 2.24) is 9.88 Å². The quantitative estimate of drug-likeness (QED) is 0.891. The molecule has 0 saturated carbocycles. The lowest BCUT2D eigenvalue weighted by Crippen LogP contribution is -2.35. The molecular formula is C16H17ClN2O2. The summed E-state index contributed by atoms with van der Waals surface area (Å²) >= 11 is 5.77. The third-order valence-corrected chi connectivity index (χ3v) is 3.34. The second kappa shape index (κ2) is 7.76. The topological polar surface area (TPSA) is 53.4 Å². The first-order valence-electron chi connectivity index (χ1n) is 6.76. The van der Waals surface area contributed by atoms with Crippen molar-refractivity contribution in [3.05, 3.63) is 64.9 Å². The molecule has 0 fully saturated rings. The average Bonchev–Trinajstić information content (AvgIpc) is 2.52. The van der Waals surface area contributed by atoms with E-state index in [1.165, 1.54) is 6.20 Å². The van der Waals surface area contributed by atoms with Crippen LogP contribution < -0.4 is 0 Å². The number of carbonyl (C=O) groups excluding carboxylic acids is 1. The van der Waals surface area contributed by atoms with Gasteiger partial charge in [-0.1, -0.05) is 41.9 Å². The van der Waals surface area contributed by atoms with Crippen molar-refractivity contribution in [2.24, 2.45) is 0 Å². The molecule has 5 heteroatoms. The zero-order valence-electron chi connectivity index (χ0n) is 11.6. The van der Waals surface area contributed by atoms with Crippen LogP contribution in [0.25, 0.3) is 0 Å². The Kier molecular flexibility index (Phi) is 5.72. The molecule has 1 N–H and O–H groups in total. The Morgan fingerprint density at radius 3 is 2.52 bits per heavy atom. The van der Waals surface area contributed by atoms with E-state index in [9.17, 15) is 4.79 Å². The number of amides is 1. The van der Waals surface area contributed by atoms with Gasteiger partial charge in [0.2, 0.25) is 0 Å². The normalized spacial score (nSPS) is 10.4. The smallest absolute Gasteiger partial charge is 0.272 e. The fourth-order valence-corrected chi connectivity index (χ4v) is 2.12. The van der Waals surface area contributed by atoms with E-state index < -0.39 is 0 Å². The van der Waals surface area contributed by atoms with Crippen LogP contribution in [0.4, 0.5) is 0 Å². The van der Waals surface area contributed by atoms with E-state index in [-0.39, 0.29) is 19.1 Å². The summed E-state index contributed by atoms with van der Waals surface area (Å²) in [5, 5.41) is 9.63. The first kappa shape index (κ1) is 15.5. The van der Waals surface area contributed by atoms with E-state index in [4.69, 9.17) is 16.7 Å². The van der Waals surface area contributed by atoms with Crippen LogP contribution in [0.2, 0.25) is 5.02 Å². The molecule has 21 heavy (non-hydrogen) atoms. The van der Waals surface area contributed by atoms with Crippen molar-refractivity contribution in [1.29, 1.82) is 0 Å². The highest BCUT2D eigenvalue weighted by molar-refractivity contribution is 6.30. The molecule has 2 rings (SSSR count). The lowest BCUT2D eigenvalue weighted by atomic mass is 10.1. The lowest BCUT2D eigenvalue weighted by molar-refractivity contribution is 0.0718. The second-order valence-electron chi connectivity index (χ2n) is 4.61. The maximum atomic E-state index is 12.4. The molecular weight excluding hydrogens is 288 g/mol. The maximum Gasteiger partial charge on any atom is 0.272 e. The predicted octanol–water partition coefficient (Wildman–Crippen LogP) is 2.41. The first-order chi connectivity index (χ1) is 10.2. The van der Waals surface area contributed by atoms with Gasteiger partial charge < -0.3 is 10.0 Å². The van der Waals surface area contributed by atoms with Crippen LogP contribution in [0.3, 0.4) is 0 Å². The molecule has 1 amide bonds. The molecule has 2 aromatic rings. The van der Waals surface area contributed by atoms with Gasteiger partial charge in [-0.25, -0.2) is 4.98 Å². The van der Waals surface area contributed by atoms with E-state index >= 15 is 0 Å². The number of halogens is 1. The van der Waals surface area contributed by atoms with Crippen LogP contribution in [-0.4, -0.2) is 40.6 Å². The van der Waals surface area contributed by atoms with Crippen LogP contribution in [0, 0.1) is 0 Å². The number of hydrogen-bond donors (Lipinski definition) is 1. The molecule has 0 aliphatic heterocycles. The summed E-state index contributed by atoms with van der Waals surface area (Å²) in [4.78, 5) is 18.0. The Balaban J connectivity index is 2.03. The van der Waals surface area contributed by atoms with Gasteiger partial charge in [0.05, 0.1) is 11.6 Å². The summed E-state index contributed by atoms with van der Waals surface area (Å²) in [6.07, 6.45) is 2.18. The van der Waals surface area contributed by atoms with Gasteiger partial charge in [-0.15, -0.1) is 0 Å². The molecule has 1 aromatic carbocycles. The van der Waals surface area contributed by atoms with Crippen molar-refractivity contribution in [3.8, 4) is 0 Å². The summed E-state index contributed by atoms with van der Waals surface area (Å²) in [6.45, 7) is 0.748. The highest BCUT2D eigenvalue weighted by atomic mass is 35.5. The van der Waals surface area contributed by atoms with Gasteiger partial charge >= 0.3 is 0 Å². The molecule has 0 radical (unpaired) electrons. The van der Waals surface area contributed by atoms with Crippen molar-refractivity contribution in [2.45, 2.75) is 6.42 Å². The number of pyridine rings is 1. The number of benzene rings is 1. The van der Waals surface area contributed by atoms with Crippen LogP contribution in [0.15, 0.2) is 48.7 Å². The summed E-state index contributed by atoms with van der Waals surface area (Å²) in [7, 11) is 0. The SMILES string of the molecule is O=C(c1ccc(Cl)cn1)N(CCO)CCc1ccccc1. The summed E-state index contributed by atoms with van der Waals surface area (Å²) in [5.74, 6) is -0.198. The van der Waals surface area contributed by atoms with Crippen LogP contribution in [0.1, 0.15) is 16.1 Å². The van der Waals surface area contributed by atoms with E-state index in [0.29, 0.717) is 17.3 Å². The number of carbonyl (C=O) groups is 1. The van der Waals surface area contributed by atoms with Crippen LogP contribution >= 0.6 is 11.6 Å². The average molecular weight is 305 g/mol. The molecule has 1 heterocycles. The van der Waals surface area contributed by atoms with E-state index in [1.807, 2.05) is 30.3 Å². The van der Waals surface area contributed by atoms with Crippen molar-refractivity contribution >= 4 is 17.5 Å². The van der Waals surface area contributed by atoms with Crippen LogP contribution in [-0.2, 0) is 6.42 Å². The molecule has 0 bridgehead atoms. The zero-order chi connectivity index (χ0) is 15.1. The minimum atomic E-state index is -0.198. The Hall–Kier alpha value is -1.91. The van der Waals surface area contributed by atoms with Crippen molar-refractivity contribution < 1.29 is 9.90 Å². The largest absolute Gasteiger partial charge is 0.395 e. The number of aromatic nitrogens is 1. The first-order valence-corrected chi connectivity index (χ1v) is 7.14. The number of aliphatic hydroxyl groups excluding tert-OH is 1. The van der Waals surface area contributed by atoms with Gasteiger partial charge in [0.25, 0.3) is 5.91 Å². The molecule has 0 unspecified atom stereocenters. The van der Waals surface area contributed by atoms with Crippen molar-refractivity contribution in [2.75, 3.05) is 19.7 Å². The van der Waals surface area contributed by atoms with Gasteiger partial charge in [0, 0.05) is 19.3 Å². The number of rotatable bonds is 6. The highest BCUT2D eigenvalue weighted by Gasteiger charge is 2.16. The van der Waals surface area contributed by atoms with E-state index in [0.717, 1.165) is 12.0 Å². The summed E-state index contributed by atoms with van der Waals surface area (Å²) in [6, 6.07) is 13.2. The van der Waals surface area contributed by atoms with Gasteiger partial charge in [0.1, 0.15) is 5.69 Å². The Labute approximate surface area is 129 Å². The third kappa shape index (κ3) is 4.55. The standard InChI is InChI=1S/C16H17ClN2O2/c17-14-6-7-15(18-12-14)16(21)19(10-11-20)9-8-13-4-2-1-3-5-13/h1-7,12,20H,8-11H2. The van der Waals surface area contributed by atoms with E-state index in [2.05, 4.69) is 4.98 Å². The number of aliphatic hydroxyl groups is 1.